The van der Waals surface area contributed by atoms with Crippen LogP contribution in [0.3, 0.4) is 0 Å². The molecule has 0 aromatic heterocycles. The Kier molecular flexibility index (Phi) is 5.79. The zero-order valence-corrected chi connectivity index (χ0v) is 17.4. The molecule has 1 fully saturated rings. The molecule has 6 heteroatoms. The van der Waals surface area contributed by atoms with E-state index in [9.17, 15) is 14.0 Å². The molecule has 3 rings (SSSR count). The van der Waals surface area contributed by atoms with Gasteiger partial charge < -0.3 is 5.32 Å². The quantitative estimate of drug-likeness (QED) is 0.759. The number of rotatable bonds is 4. The minimum Gasteiger partial charge on any atom is -0.326 e. The number of aryl methyl sites for hydroxylation is 1. The van der Waals surface area contributed by atoms with Crippen molar-refractivity contribution in [1.29, 1.82) is 0 Å². The second kappa shape index (κ2) is 7.95. The van der Waals surface area contributed by atoms with E-state index in [4.69, 9.17) is 0 Å². The Morgan fingerprint density at radius 1 is 1.21 bits per heavy atom. The van der Waals surface area contributed by atoms with Crippen molar-refractivity contribution in [1.82, 2.24) is 0 Å². The van der Waals surface area contributed by atoms with E-state index in [1.54, 1.807) is 24.0 Å². The summed E-state index contributed by atoms with van der Waals surface area (Å²) in [4.78, 5) is 26.2. The lowest BCUT2D eigenvalue weighted by Crippen LogP contribution is -2.28. The number of amides is 2. The van der Waals surface area contributed by atoms with E-state index in [2.05, 4.69) is 5.32 Å². The average molecular weight is 401 g/mol. The second-order valence-corrected chi connectivity index (χ2v) is 9.34. The first kappa shape index (κ1) is 20.4. The van der Waals surface area contributed by atoms with Crippen LogP contribution < -0.4 is 10.2 Å². The Balaban J connectivity index is 1.77. The number of nitrogens with one attached hydrogen (secondary N) is 1. The minimum absolute atomic E-state index is 0.0255. The number of thioether (sulfide) groups is 1. The van der Waals surface area contributed by atoms with Crippen LogP contribution in [0, 0.1) is 18.2 Å². The number of hydrogen-bond donors (Lipinski definition) is 1. The van der Waals surface area contributed by atoms with Gasteiger partial charge in [0.25, 0.3) is 0 Å². The normalized spacial score (nSPS) is 17.1. The molecule has 4 nitrogen and oxygen atoms in total. The third-order valence-electron chi connectivity index (χ3n) is 4.47. The molecule has 148 valence electrons. The number of benzene rings is 2. The molecule has 1 heterocycles. The fourth-order valence-electron chi connectivity index (χ4n) is 3.10. The maximum atomic E-state index is 14.0. The number of hydrogen-bond acceptors (Lipinski definition) is 3. The maximum absolute atomic E-state index is 14.0. The SMILES string of the molecule is Cc1ccc(N2C(=O)CS[C@@H]2c2ccc(NC(=O)CC(C)(C)C)cc2)cc1F. The second-order valence-electron chi connectivity index (χ2n) is 8.27. The predicted octanol–water partition coefficient (Wildman–Crippen LogP) is 5.29. The summed E-state index contributed by atoms with van der Waals surface area (Å²) in [5.74, 6) is -0.0365. The molecule has 1 atom stereocenters. The lowest BCUT2D eigenvalue weighted by molar-refractivity contribution is -0.118. The van der Waals surface area contributed by atoms with E-state index in [1.807, 2.05) is 45.0 Å². The molecule has 1 saturated heterocycles. The van der Waals surface area contributed by atoms with Crippen molar-refractivity contribution in [2.45, 2.75) is 39.5 Å². The lowest BCUT2D eigenvalue weighted by atomic mass is 9.92. The maximum Gasteiger partial charge on any atom is 0.238 e. The van der Waals surface area contributed by atoms with E-state index < -0.39 is 0 Å². The Hall–Kier alpha value is -2.34. The monoisotopic (exact) mass is 400 g/mol. The van der Waals surface area contributed by atoms with E-state index >= 15 is 0 Å². The number of carbonyl (C=O) groups is 2. The highest BCUT2D eigenvalue weighted by Gasteiger charge is 2.34. The van der Waals surface area contributed by atoms with Gasteiger partial charge in [-0.3, -0.25) is 14.5 Å². The van der Waals surface area contributed by atoms with Gasteiger partial charge in [0.05, 0.1) is 5.75 Å². The molecule has 1 N–H and O–H groups in total. The van der Waals surface area contributed by atoms with Gasteiger partial charge in [-0.05, 0) is 47.7 Å². The van der Waals surface area contributed by atoms with Gasteiger partial charge >= 0.3 is 0 Å². The van der Waals surface area contributed by atoms with Crippen LogP contribution in [0.1, 0.15) is 43.7 Å². The molecule has 0 radical (unpaired) electrons. The first-order valence-electron chi connectivity index (χ1n) is 9.24. The average Bonchev–Trinajstić information content (AvgIpc) is 2.98. The Morgan fingerprint density at radius 2 is 1.89 bits per heavy atom. The van der Waals surface area contributed by atoms with Crippen molar-refractivity contribution in [3.05, 3.63) is 59.4 Å². The smallest absolute Gasteiger partial charge is 0.238 e. The lowest BCUT2D eigenvalue weighted by Gasteiger charge is -2.25. The van der Waals surface area contributed by atoms with Crippen molar-refractivity contribution in [2.24, 2.45) is 5.41 Å². The molecule has 28 heavy (non-hydrogen) atoms. The zero-order chi connectivity index (χ0) is 20.5. The van der Waals surface area contributed by atoms with E-state index in [0.717, 1.165) is 11.3 Å². The summed E-state index contributed by atoms with van der Waals surface area (Å²) in [5, 5.41) is 2.69. The van der Waals surface area contributed by atoms with Crippen LogP contribution in [0.4, 0.5) is 15.8 Å². The Bertz CT molecular complexity index is 890. The molecule has 1 aliphatic heterocycles. The topological polar surface area (TPSA) is 49.4 Å². The van der Waals surface area contributed by atoms with Crippen LogP contribution in [0.15, 0.2) is 42.5 Å². The van der Waals surface area contributed by atoms with Crippen molar-refractivity contribution < 1.29 is 14.0 Å². The third kappa shape index (κ3) is 4.73. The highest BCUT2D eigenvalue weighted by atomic mass is 32.2. The van der Waals surface area contributed by atoms with Crippen LogP contribution in [0.2, 0.25) is 0 Å². The molecule has 0 aliphatic carbocycles. The zero-order valence-electron chi connectivity index (χ0n) is 16.6. The summed E-state index contributed by atoms with van der Waals surface area (Å²) in [6.07, 6.45) is 0.439. The molecule has 1 aliphatic rings. The third-order valence-corrected chi connectivity index (χ3v) is 5.68. The van der Waals surface area contributed by atoms with E-state index in [-0.39, 0.29) is 28.4 Å². The Morgan fingerprint density at radius 3 is 2.50 bits per heavy atom. The molecular formula is C22H25FN2O2S. The predicted molar refractivity (Wildman–Crippen MR) is 113 cm³/mol. The highest BCUT2D eigenvalue weighted by molar-refractivity contribution is 8.00. The van der Waals surface area contributed by atoms with Crippen LogP contribution in [-0.2, 0) is 9.59 Å². The van der Waals surface area contributed by atoms with E-state index in [1.165, 1.54) is 17.8 Å². The summed E-state index contributed by atoms with van der Waals surface area (Å²) in [6.45, 7) is 7.76. The number of halogens is 1. The number of carbonyl (C=O) groups excluding carboxylic acids is 2. The van der Waals surface area contributed by atoms with Crippen LogP contribution in [0.5, 0.6) is 0 Å². The van der Waals surface area contributed by atoms with E-state index in [0.29, 0.717) is 23.4 Å². The van der Waals surface area contributed by atoms with Crippen molar-refractivity contribution in [3.8, 4) is 0 Å². The summed E-state index contributed by atoms with van der Waals surface area (Å²) in [6, 6.07) is 12.4. The fraction of sp³-hybridized carbons (Fsp3) is 0.364. The largest absolute Gasteiger partial charge is 0.326 e. The summed E-state index contributed by atoms with van der Waals surface area (Å²) >= 11 is 1.51. The van der Waals surface area contributed by atoms with Gasteiger partial charge in [-0.1, -0.05) is 39.0 Å². The minimum atomic E-state index is -0.321. The first-order valence-corrected chi connectivity index (χ1v) is 10.3. The highest BCUT2D eigenvalue weighted by Crippen LogP contribution is 2.42. The molecule has 0 saturated carbocycles. The van der Waals surface area contributed by atoms with Gasteiger partial charge in [0.1, 0.15) is 11.2 Å². The molecule has 2 aromatic carbocycles. The number of anilines is 2. The molecule has 0 bridgehead atoms. The van der Waals surface area contributed by atoms with Gasteiger partial charge in [0, 0.05) is 17.8 Å². The molecule has 0 spiro atoms. The van der Waals surface area contributed by atoms with Gasteiger partial charge in [0.15, 0.2) is 0 Å². The van der Waals surface area contributed by atoms with Gasteiger partial charge in [-0.2, -0.15) is 0 Å². The summed E-state index contributed by atoms with van der Waals surface area (Å²) in [5.41, 5.74) is 2.70. The summed E-state index contributed by atoms with van der Waals surface area (Å²) < 4.78 is 14.0. The first-order chi connectivity index (χ1) is 13.1. The standard InChI is InChI=1S/C22H25FN2O2S/c1-14-5-10-17(11-18(14)23)25-20(27)13-28-21(25)15-6-8-16(9-7-15)24-19(26)12-22(2,3)4/h5-11,21H,12-13H2,1-4H3,(H,24,26)/t21-/m1/s1. The summed E-state index contributed by atoms with van der Waals surface area (Å²) in [7, 11) is 0. The van der Waals surface area contributed by atoms with Crippen LogP contribution in [0.25, 0.3) is 0 Å². The fourth-order valence-corrected chi connectivity index (χ4v) is 4.28. The van der Waals surface area contributed by atoms with Gasteiger partial charge in [-0.15, -0.1) is 11.8 Å². The molecule has 2 aromatic rings. The van der Waals surface area contributed by atoms with Crippen molar-refractivity contribution in [3.63, 3.8) is 0 Å². The number of nitrogens with zero attached hydrogens (tertiary/aromatic N) is 1. The molecule has 0 unspecified atom stereocenters. The molecule has 2 amide bonds. The van der Waals surface area contributed by atoms with Crippen LogP contribution >= 0.6 is 11.8 Å². The van der Waals surface area contributed by atoms with Gasteiger partial charge in [-0.25, -0.2) is 4.39 Å². The molecular weight excluding hydrogens is 375 g/mol. The van der Waals surface area contributed by atoms with Crippen LogP contribution in [-0.4, -0.2) is 17.6 Å². The van der Waals surface area contributed by atoms with Crippen molar-refractivity contribution >= 4 is 35.0 Å². The Labute approximate surface area is 169 Å². The van der Waals surface area contributed by atoms with Gasteiger partial charge in [0.2, 0.25) is 11.8 Å². The van der Waals surface area contributed by atoms with Crippen molar-refractivity contribution in [2.75, 3.05) is 16.0 Å².